The van der Waals surface area contributed by atoms with Crippen LogP contribution in [-0.4, -0.2) is 16.4 Å². The average Bonchev–Trinajstić information content (AvgIpc) is 3.13. The topological polar surface area (TPSA) is 76.3 Å². The molecule has 6 nitrogen and oxygen atoms in total. The van der Waals surface area contributed by atoms with Gasteiger partial charge in [0.05, 0.1) is 11.8 Å². The van der Waals surface area contributed by atoms with Crippen molar-refractivity contribution >= 4 is 22.7 Å². The number of hydrogen-bond donors (Lipinski definition) is 2. The summed E-state index contributed by atoms with van der Waals surface area (Å²) in [6.45, 7) is 0. The maximum atomic E-state index is 12.2. The highest BCUT2D eigenvalue weighted by molar-refractivity contribution is 6.07. The van der Waals surface area contributed by atoms with Gasteiger partial charge in [0.25, 0.3) is 5.91 Å². The first-order valence-corrected chi connectivity index (χ1v) is 6.35. The van der Waals surface area contributed by atoms with Gasteiger partial charge in [0.1, 0.15) is 0 Å². The lowest BCUT2D eigenvalue weighted by atomic mass is 10.2. The number of aryl methyl sites for hydroxylation is 1. The van der Waals surface area contributed by atoms with Crippen molar-refractivity contribution in [1.82, 2.24) is 15.4 Å². The molecule has 0 aliphatic rings. The van der Waals surface area contributed by atoms with Gasteiger partial charge in [-0.05, 0) is 18.2 Å². The van der Waals surface area contributed by atoms with Gasteiger partial charge in [-0.15, -0.1) is 0 Å². The largest absolute Gasteiger partial charge is 0.459 e. The normalized spacial score (nSPS) is 10.5. The minimum Gasteiger partial charge on any atom is -0.459 e. The Hall–Kier alpha value is -3.02. The molecule has 21 heavy (non-hydrogen) atoms. The van der Waals surface area contributed by atoms with E-state index in [9.17, 15) is 9.59 Å². The lowest BCUT2D eigenvalue weighted by Gasteiger charge is -2.04. The molecule has 0 bridgehead atoms. The molecule has 2 amide bonds. The van der Waals surface area contributed by atoms with E-state index in [1.54, 1.807) is 12.3 Å². The molecule has 0 unspecified atom stereocenters. The Morgan fingerprint density at radius 1 is 1.05 bits per heavy atom. The summed E-state index contributed by atoms with van der Waals surface area (Å²) >= 11 is 0. The predicted molar refractivity (Wildman–Crippen MR) is 76.6 cm³/mol. The Balaban J connectivity index is 1.77. The number of carbonyl (C=O) groups is 2. The quantitative estimate of drug-likeness (QED) is 0.705. The molecule has 0 saturated carbocycles. The number of nitrogens with one attached hydrogen (secondary N) is 2. The van der Waals surface area contributed by atoms with Gasteiger partial charge in [0, 0.05) is 24.1 Å². The van der Waals surface area contributed by atoms with Gasteiger partial charge in [0.2, 0.25) is 0 Å². The van der Waals surface area contributed by atoms with E-state index in [0.29, 0.717) is 5.56 Å². The summed E-state index contributed by atoms with van der Waals surface area (Å²) in [5, 5.41) is 0.824. The minimum atomic E-state index is -0.506. The summed E-state index contributed by atoms with van der Waals surface area (Å²) < 4.78 is 6.80. The van der Waals surface area contributed by atoms with Crippen LogP contribution < -0.4 is 10.9 Å². The Kier molecular flexibility index (Phi) is 3.19. The molecule has 3 rings (SSSR count). The van der Waals surface area contributed by atoms with Crippen molar-refractivity contribution < 1.29 is 14.0 Å². The number of hydrogen-bond acceptors (Lipinski definition) is 3. The molecule has 0 fully saturated rings. The summed E-state index contributed by atoms with van der Waals surface area (Å²) in [5.41, 5.74) is 6.13. The average molecular weight is 283 g/mol. The third kappa shape index (κ3) is 2.38. The fraction of sp³-hybridized carbons (Fsp3) is 0.0667. The Morgan fingerprint density at radius 2 is 1.81 bits per heavy atom. The van der Waals surface area contributed by atoms with Crippen LogP contribution in [0.1, 0.15) is 20.9 Å². The van der Waals surface area contributed by atoms with Crippen molar-refractivity contribution in [2.45, 2.75) is 0 Å². The second-order valence-electron chi connectivity index (χ2n) is 4.56. The third-order valence-electron chi connectivity index (χ3n) is 3.18. The van der Waals surface area contributed by atoms with Crippen LogP contribution in [0.5, 0.6) is 0 Å². The van der Waals surface area contributed by atoms with Gasteiger partial charge in [-0.25, -0.2) is 0 Å². The zero-order valence-corrected chi connectivity index (χ0v) is 11.3. The second kappa shape index (κ2) is 5.16. The maximum Gasteiger partial charge on any atom is 0.305 e. The van der Waals surface area contributed by atoms with Gasteiger partial charge in [-0.3, -0.25) is 20.4 Å². The van der Waals surface area contributed by atoms with E-state index >= 15 is 0 Å². The molecule has 2 N–H and O–H groups in total. The lowest BCUT2D eigenvalue weighted by Crippen LogP contribution is -2.41. The molecule has 0 radical (unpaired) electrons. The molecular weight excluding hydrogens is 270 g/mol. The van der Waals surface area contributed by atoms with Crippen LogP contribution in [0.3, 0.4) is 0 Å². The molecule has 2 aromatic heterocycles. The van der Waals surface area contributed by atoms with Gasteiger partial charge >= 0.3 is 5.91 Å². The molecule has 0 saturated heterocycles. The van der Waals surface area contributed by atoms with Crippen LogP contribution in [-0.2, 0) is 7.05 Å². The third-order valence-corrected chi connectivity index (χ3v) is 3.18. The number of rotatable bonds is 2. The van der Waals surface area contributed by atoms with E-state index in [-0.39, 0.29) is 11.7 Å². The van der Waals surface area contributed by atoms with Crippen molar-refractivity contribution in [1.29, 1.82) is 0 Å². The fourth-order valence-electron chi connectivity index (χ4n) is 2.17. The molecule has 0 spiro atoms. The lowest BCUT2D eigenvalue weighted by molar-refractivity contribution is 0.0831. The van der Waals surface area contributed by atoms with Crippen molar-refractivity contribution in [3.63, 3.8) is 0 Å². The number of hydrazine groups is 1. The molecule has 2 heterocycles. The van der Waals surface area contributed by atoms with Crippen molar-refractivity contribution in [2.75, 3.05) is 0 Å². The molecule has 0 aliphatic carbocycles. The minimum absolute atomic E-state index is 0.133. The van der Waals surface area contributed by atoms with Gasteiger partial charge in [-0.2, -0.15) is 0 Å². The van der Waals surface area contributed by atoms with Crippen LogP contribution in [0, 0.1) is 0 Å². The first kappa shape index (κ1) is 13.0. The van der Waals surface area contributed by atoms with Crippen LogP contribution >= 0.6 is 0 Å². The first-order valence-electron chi connectivity index (χ1n) is 6.35. The number of nitrogens with zero attached hydrogens (tertiary/aromatic N) is 1. The van der Waals surface area contributed by atoms with Gasteiger partial charge < -0.3 is 8.98 Å². The Bertz CT molecular complexity index is 803. The molecule has 1 aromatic carbocycles. The van der Waals surface area contributed by atoms with Crippen LogP contribution in [0.15, 0.2) is 53.3 Å². The van der Waals surface area contributed by atoms with Crippen LogP contribution in [0.2, 0.25) is 0 Å². The zero-order chi connectivity index (χ0) is 14.8. The smallest absolute Gasteiger partial charge is 0.305 e. The van der Waals surface area contributed by atoms with E-state index in [4.69, 9.17) is 4.42 Å². The van der Waals surface area contributed by atoms with E-state index in [2.05, 4.69) is 10.9 Å². The number of aromatic nitrogens is 1. The van der Waals surface area contributed by atoms with Crippen molar-refractivity contribution in [3.05, 3.63) is 60.2 Å². The standard InChI is InChI=1S/C15H13N3O3/c1-18-9-11(10-5-2-3-6-12(10)18)14(19)16-17-15(20)13-7-4-8-21-13/h2-9H,1H3,(H,16,19)(H,17,20). The van der Waals surface area contributed by atoms with E-state index < -0.39 is 5.91 Å². The van der Waals surface area contributed by atoms with E-state index in [1.165, 1.54) is 12.3 Å². The first-order chi connectivity index (χ1) is 10.2. The Labute approximate surface area is 120 Å². The Morgan fingerprint density at radius 3 is 2.57 bits per heavy atom. The highest BCUT2D eigenvalue weighted by atomic mass is 16.3. The molecule has 6 heteroatoms. The van der Waals surface area contributed by atoms with Gasteiger partial charge in [0.15, 0.2) is 5.76 Å². The maximum absolute atomic E-state index is 12.2. The number of fused-ring (bicyclic) bond motifs is 1. The number of para-hydroxylation sites is 1. The summed E-state index contributed by atoms with van der Waals surface area (Å²) in [4.78, 5) is 23.9. The number of amides is 2. The van der Waals surface area contributed by atoms with Crippen molar-refractivity contribution in [3.8, 4) is 0 Å². The summed E-state index contributed by atoms with van der Waals surface area (Å²) in [7, 11) is 1.86. The molecule has 0 atom stereocenters. The summed E-state index contributed by atoms with van der Waals surface area (Å²) in [6.07, 6.45) is 3.11. The van der Waals surface area contributed by atoms with Crippen molar-refractivity contribution in [2.24, 2.45) is 7.05 Å². The molecule has 0 aliphatic heterocycles. The SMILES string of the molecule is Cn1cc(C(=O)NNC(=O)c2ccco2)c2ccccc21. The van der Waals surface area contributed by atoms with Crippen LogP contribution in [0.25, 0.3) is 10.9 Å². The number of carbonyl (C=O) groups excluding carboxylic acids is 2. The highest BCUT2D eigenvalue weighted by Crippen LogP contribution is 2.19. The monoisotopic (exact) mass is 283 g/mol. The highest BCUT2D eigenvalue weighted by Gasteiger charge is 2.15. The zero-order valence-electron chi connectivity index (χ0n) is 11.3. The number of benzene rings is 1. The second-order valence-corrected chi connectivity index (χ2v) is 4.56. The van der Waals surface area contributed by atoms with E-state index in [0.717, 1.165) is 10.9 Å². The predicted octanol–water partition coefficient (Wildman–Crippen LogP) is 1.85. The van der Waals surface area contributed by atoms with Crippen LogP contribution in [0.4, 0.5) is 0 Å². The fourth-order valence-corrected chi connectivity index (χ4v) is 2.17. The molecule has 3 aromatic rings. The van der Waals surface area contributed by atoms with E-state index in [1.807, 2.05) is 35.9 Å². The van der Waals surface area contributed by atoms with Gasteiger partial charge in [-0.1, -0.05) is 18.2 Å². The molecule has 106 valence electrons. The molecular formula is C15H13N3O3. The summed E-state index contributed by atoms with van der Waals surface area (Å²) in [5.74, 6) is -0.756. The number of furan rings is 1. The summed E-state index contributed by atoms with van der Waals surface area (Å²) in [6, 6.07) is 10.7.